The van der Waals surface area contributed by atoms with Gasteiger partial charge in [0.05, 0.1) is 5.69 Å². The van der Waals surface area contributed by atoms with Gasteiger partial charge in [-0.2, -0.15) is 10.1 Å². The highest BCUT2D eigenvalue weighted by Gasteiger charge is 2.13. The van der Waals surface area contributed by atoms with Crippen molar-refractivity contribution in [1.82, 2.24) is 24.5 Å². The number of nitrogens with zero attached hydrogens (tertiary/aromatic N) is 4. The van der Waals surface area contributed by atoms with Crippen molar-refractivity contribution in [2.75, 3.05) is 0 Å². The van der Waals surface area contributed by atoms with Crippen LogP contribution in [0.1, 0.15) is 11.3 Å². The second-order valence-electron chi connectivity index (χ2n) is 3.97. The number of nitrogens with one attached hydrogen (secondary N) is 1. The molecule has 0 spiro atoms. The molecule has 9 heteroatoms. The van der Waals surface area contributed by atoms with Crippen molar-refractivity contribution >= 4 is 23.4 Å². The van der Waals surface area contributed by atoms with E-state index < -0.39 is 11.1 Å². The molecule has 0 radical (unpaired) electrons. The van der Waals surface area contributed by atoms with E-state index in [1.165, 1.54) is 16.4 Å². The molecule has 0 atom stereocenters. The number of halogens is 1. The van der Waals surface area contributed by atoms with E-state index in [2.05, 4.69) is 15.2 Å². The van der Waals surface area contributed by atoms with E-state index in [-0.39, 0.29) is 0 Å². The normalized spacial score (nSPS) is 10.9. The van der Waals surface area contributed by atoms with E-state index in [0.29, 0.717) is 16.1 Å². The Bertz CT molecular complexity index is 732. The average Bonchev–Trinajstić information content (AvgIpc) is 2.57. The van der Waals surface area contributed by atoms with Crippen LogP contribution in [-0.4, -0.2) is 24.5 Å². The Balaban J connectivity index is 2.26. The van der Waals surface area contributed by atoms with Gasteiger partial charge in [-0.05, 0) is 6.92 Å². The van der Waals surface area contributed by atoms with Crippen molar-refractivity contribution in [3.63, 3.8) is 0 Å². The monoisotopic (exact) mass is 301 g/mol. The quantitative estimate of drug-likeness (QED) is 0.657. The standard InChI is InChI=1S/C10H12ClN5O2S/c1-5-6(7(11)15(2)13-5)4-19-10-12-8(17)9(18)14-16(10)3/h4H2,1-3H3,(H,14,18). The van der Waals surface area contributed by atoms with Crippen LogP contribution in [0.2, 0.25) is 5.15 Å². The van der Waals surface area contributed by atoms with Crippen molar-refractivity contribution in [1.29, 1.82) is 0 Å². The van der Waals surface area contributed by atoms with Crippen LogP contribution in [-0.2, 0) is 19.8 Å². The molecule has 0 aliphatic carbocycles. The summed E-state index contributed by atoms with van der Waals surface area (Å²) in [4.78, 5) is 26.0. The predicted molar refractivity (Wildman–Crippen MR) is 72.6 cm³/mol. The molecule has 0 amide bonds. The van der Waals surface area contributed by atoms with Gasteiger partial charge >= 0.3 is 11.1 Å². The molecule has 0 saturated carbocycles. The fourth-order valence-electron chi connectivity index (χ4n) is 1.56. The number of aryl methyl sites for hydroxylation is 3. The summed E-state index contributed by atoms with van der Waals surface area (Å²) in [6, 6.07) is 0. The van der Waals surface area contributed by atoms with Crippen LogP contribution in [0.4, 0.5) is 0 Å². The fraction of sp³-hybridized carbons (Fsp3) is 0.400. The average molecular weight is 302 g/mol. The van der Waals surface area contributed by atoms with Gasteiger partial charge in [0.25, 0.3) is 0 Å². The zero-order chi connectivity index (χ0) is 14.2. The molecule has 0 fully saturated rings. The Morgan fingerprint density at radius 2 is 2.05 bits per heavy atom. The van der Waals surface area contributed by atoms with Crippen LogP contribution in [0, 0.1) is 6.92 Å². The summed E-state index contributed by atoms with van der Waals surface area (Å²) >= 11 is 7.43. The largest absolute Gasteiger partial charge is 0.339 e. The van der Waals surface area contributed by atoms with Crippen LogP contribution >= 0.6 is 23.4 Å². The van der Waals surface area contributed by atoms with Crippen LogP contribution in [0.3, 0.4) is 0 Å². The summed E-state index contributed by atoms with van der Waals surface area (Å²) in [7, 11) is 3.38. The number of thioether (sulfide) groups is 1. The van der Waals surface area contributed by atoms with Crippen LogP contribution in [0.5, 0.6) is 0 Å². The maximum Gasteiger partial charge on any atom is 0.339 e. The first-order valence-electron chi connectivity index (χ1n) is 5.38. The van der Waals surface area contributed by atoms with Gasteiger partial charge in [0.1, 0.15) is 5.15 Å². The Morgan fingerprint density at radius 1 is 1.37 bits per heavy atom. The third kappa shape index (κ3) is 2.74. The summed E-state index contributed by atoms with van der Waals surface area (Å²) in [6.45, 7) is 1.86. The third-order valence-corrected chi connectivity index (χ3v) is 4.09. The van der Waals surface area contributed by atoms with Gasteiger partial charge in [-0.15, -0.1) is 0 Å². The van der Waals surface area contributed by atoms with Crippen molar-refractivity contribution in [2.45, 2.75) is 17.8 Å². The zero-order valence-electron chi connectivity index (χ0n) is 10.6. The number of aromatic amines is 1. The first-order valence-corrected chi connectivity index (χ1v) is 6.74. The smallest absolute Gasteiger partial charge is 0.265 e. The Labute approximate surface area is 117 Å². The molecule has 2 rings (SSSR count). The van der Waals surface area contributed by atoms with Crippen molar-refractivity contribution < 1.29 is 0 Å². The Kier molecular flexibility index (Phi) is 3.81. The topological polar surface area (TPSA) is 85.6 Å². The van der Waals surface area contributed by atoms with Gasteiger partial charge < -0.3 is 0 Å². The molecule has 19 heavy (non-hydrogen) atoms. The highest BCUT2D eigenvalue weighted by molar-refractivity contribution is 7.98. The molecular weight excluding hydrogens is 290 g/mol. The minimum absolute atomic E-state index is 0.420. The molecule has 2 aromatic rings. The number of H-pyrrole nitrogens is 1. The number of hydrogen-bond donors (Lipinski definition) is 1. The van der Waals surface area contributed by atoms with Crippen molar-refractivity contribution in [3.05, 3.63) is 37.1 Å². The van der Waals surface area contributed by atoms with Crippen LogP contribution in [0.15, 0.2) is 14.7 Å². The molecule has 0 aliphatic rings. The molecule has 0 aromatic carbocycles. The maximum absolute atomic E-state index is 11.2. The van der Waals surface area contributed by atoms with Gasteiger partial charge in [0.2, 0.25) is 0 Å². The SMILES string of the molecule is Cc1nn(C)c(Cl)c1CSc1nc(=O)c(=O)[nH]n1C. The molecule has 0 saturated heterocycles. The molecule has 2 heterocycles. The lowest BCUT2D eigenvalue weighted by atomic mass is 10.3. The maximum atomic E-state index is 11.2. The predicted octanol–water partition coefficient (Wildman–Crippen LogP) is 0.456. The number of aromatic nitrogens is 5. The van der Waals surface area contributed by atoms with E-state index in [9.17, 15) is 9.59 Å². The fourth-order valence-corrected chi connectivity index (χ4v) is 2.89. The zero-order valence-corrected chi connectivity index (χ0v) is 12.2. The molecule has 1 N–H and O–H groups in total. The van der Waals surface area contributed by atoms with Gasteiger partial charge in [-0.1, -0.05) is 23.4 Å². The van der Waals surface area contributed by atoms with Crippen LogP contribution in [0.25, 0.3) is 0 Å². The Hall–Kier alpha value is -1.54. The molecular formula is C10H12ClN5O2S. The molecule has 2 aromatic heterocycles. The first kappa shape index (κ1) is 13.9. The minimum Gasteiger partial charge on any atom is -0.265 e. The molecule has 0 aliphatic heterocycles. The van der Waals surface area contributed by atoms with E-state index >= 15 is 0 Å². The van der Waals surface area contributed by atoms with Gasteiger partial charge in [0, 0.05) is 25.4 Å². The summed E-state index contributed by atoms with van der Waals surface area (Å²) in [5, 5.41) is 7.57. The Morgan fingerprint density at radius 3 is 2.63 bits per heavy atom. The highest BCUT2D eigenvalue weighted by atomic mass is 35.5. The van der Waals surface area contributed by atoms with Gasteiger partial charge in [0.15, 0.2) is 5.16 Å². The lowest BCUT2D eigenvalue weighted by Gasteiger charge is -2.05. The first-order chi connectivity index (χ1) is 8.90. The van der Waals surface area contributed by atoms with Crippen LogP contribution < -0.4 is 11.1 Å². The highest BCUT2D eigenvalue weighted by Crippen LogP contribution is 2.26. The van der Waals surface area contributed by atoms with Gasteiger partial charge in [-0.3, -0.25) is 24.1 Å². The lowest BCUT2D eigenvalue weighted by Crippen LogP contribution is -2.33. The molecule has 7 nitrogen and oxygen atoms in total. The summed E-state index contributed by atoms with van der Waals surface area (Å²) in [5.74, 6) is 0.519. The number of hydrogen-bond acceptors (Lipinski definition) is 5. The summed E-state index contributed by atoms with van der Waals surface area (Å²) in [6.07, 6.45) is 0. The van der Waals surface area contributed by atoms with E-state index in [0.717, 1.165) is 11.3 Å². The second-order valence-corrected chi connectivity index (χ2v) is 5.27. The molecule has 0 unspecified atom stereocenters. The summed E-state index contributed by atoms with van der Waals surface area (Å²) < 4.78 is 3.00. The minimum atomic E-state index is -0.797. The molecule has 0 bridgehead atoms. The molecule has 102 valence electrons. The second kappa shape index (κ2) is 5.22. The van der Waals surface area contributed by atoms with Crippen molar-refractivity contribution in [3.8, 4) is 0 Å². The van der Waals surface area contributed by atoms with Gasteiger partial charge in [-0.25, -0.2) is 0 Å². The van der Waals surface area contributed by atoms with E-state index in [1.807, 2.05) is 6.92 Å². The summed E-state index contributed by atoms with van der Waals surface area (Å²) in [5.41, 5.74) is 0.182. The lowest BCUT2D eigenvalue weighted by molar-refractivity contribution is 0.596. The number of rotatable bonds is 3. The third-order valence-electron chi connectivity index (χ3n) is 2.56. The van der Waals surface area contributed by atoms with E-state index in [1.54, 1.807) is 18.8 Å². The van der Waals surface area contributed by atoms with Crippen molar-refractivity contribution in [2.24, 2.45) is 14.1 Å². The van der Waals surface area contributed by atoms with E-state index in [4.69, 9.17) is 11.6 Å².